The second-order valence-corrected chi connectivity index (χ2v) is 6.36. The molecular formula is C18H24N10. The average molecular weight is 380 g/mol. The number of azo groups is 1. The molecular weight excluding hydrogens is 356 g/mol. The van der Waals surface area contributed by atoms with Crippen LogP contribution in [0, 0.1) is 12.3 Å². The lowest BCUT2D eigenvalue weighted by Gasteiger charge is -2.13. The molecule has 28 heavy (non-hydrogen) atoms. The number of unbranched alkanes of at least 4 members (excludes halogenated alkanes) is 1. The summed E-state index contributed by atoms with van der Waals surface area (Å²) in [4.78, 5) is 4.74. The van der Waals surface area contributed by atoms with Gasteiger partial charge in [-0.2, -0.15) is 0 Å². The largest absolute Gasteiger partial charge is 0.369 e. The summed E-state index contributed by atoms with van der Waals surface area (Å²) in [6, 6.07) is 7.66. The van der Waals surface area contributed by atoms with Gasteiger partial charge in [-0.25, -0.2) is 4.98 Å². The van der Waals surface area contributed by atoms with Crippen LogP contribution in [0.1, 0.15) is 25.6 Å². The highest BCUT2D eigenvalue weighted by Crippen LogP contribution is 2.41. The Kier molecular flexibility index (Phi) is 5.39. The fourth-order valence-corrected chi connectivity index (χ4v) is 3.17. The van der Waals surface area contributed by atoms with Crippen LogP contribution in [0.2, 0.25) is 0 Å². The molecule has 1 heterocycles. The lowest BCUT2D eigenvalue weighted by atomic mass is 10.0. The number of anilines is 1. The maximum absolute atomic E-state index is 7.42. The SMILES string of the molecule is CCCCn1c(C)nc2c(NN=C(N)N)c3ccccc3c(N=NC(=N)N)c21. The second kappa shape index (κ2) is 7.91. The molecule has 146 valence electrons. The minimum Gasteiger partial charge on any atom is -0.369 e. The Hall–Kier alpha value is -3.69. The third kappa shape index (κ3) is 3.56. The predicted octanol–water partition coefficient (Wildman–Crippen LogP) is 2.88. The summed E-state index contributed by atoms with van der Waals surface area (Å²) in [6.45, 7) is 4.85. The quantitative estimate of drug-likeness (QED) is 0.191. The fourth-order valence-electron chi connectivity index (χ4n) is 3.17. The van der Waals surface area contributed by atoms with E-state index in [0.29, 0.717) is 16.9 Å². The Bertz CT molecular complexity index is 1090. The molecule has 3 rings (SSSR count). The first-order valence-electron chi connectivity index (χ1n) is 8.96. The molecule has 0 radical (unpaired) electrons. The number of hydrogen-bond donors (Lipinski definition) is 5. The van der Waals surface area contributed by atoms with Crippen molar-refractivity contribution in [2.75, 3.05) is 5.43 Å². The highest BCUT2D eigenvalue weighted by molar-refractivity contribution is 6.16. The Morgan fingerprint density at radius 2 is 1.93 bits per heavy atom. The van der Waals surface area contributed by atoms with Gasteiger partial charge in [0.05, 0.1) is 11.2 Å². The average Bonchev–Trinajstić information content (AvgIpc) is 2.98. The van der Waals surface area contributed by atoms with Crippen molar-refractivity contribution in [3.8, 4) is 0 Å². The second-order valence-electron chi connectivity index (χ2n) is 6.36. The van der Waals surface area contributed by atoms with Gasteiger partial charge in [0, 0.05) is 17.3 Å². The number of benzene rings is 2. The Morgan fingerprint density at radius 1 is 1.21 bits per heavy atom. The van der Waals surface area contributed by atoms with Crippen LogP contribution in [0.25, 0.3) is 21.8 Å². The fraction of sp³-hybridized carbons (Fsp3) is 0.278. The predicted molar refractivity (Wildman–Crippen MR) is 113 cm³/mol. The van der Waals surface area contributed by atoms with Gasteiger partial charge >= 0.3 is 0 Å². The van der Waals surface area contributed by atoms with E-state index in [1.54, 1.807) is 0 Å². The van der Waals surface area contributed by atoms with Crippen LogP contribution in [0.5, 0.6) is 0 Å². The molecule has 10 nitrogen and oxygen atoms in total. The Morgan fingerprint density at radius 3 is 2.57 bits per heavy atom. The number of aryl methyl sites for hydroxylation is 2. The molecule has 0 aliphatic rings. The number of guanidine groups is 2. The monoisotopic (exact) mass is 380 g/mol. The molecule has 10 heteroatoms. The van der Waals surface area contributed by atoms with Crippen molar-refractivity contribution >= 4 is 45.1 Å². The molecule has 0 fully saturated rings. The van der Waals surface area contributed by atoms with Crippen LogP contribution in [0.4, 0.5) is 11.4 Å². The minimum atomic E-state index is -0.365. The van der Waals surface area contributed by atoms with E-state index in [1.807, 2.05) is 31.2 Å². The number of nitrogens with one attached hydrogen (secondary N) is 2. The number of rotatable bonds is 6. The van der Waals surface area contributed by atoms with Crippen molar-refractivity contribution in [2.45, 2.75) is 33.2 Å². The van der Waals surface area contributed by atoms with Crippen molar-refractivity contribution in [1.29, 1.82) is 5.41 Å². The van der Waals surface area contributed by atoms with Crippen LogP contribution in [-0.4, -0.2) is 21.5 Å². The van der Waals surface area contributed by atoms with E-state index >= 15 is 0 Å². The molecule has 0 unspecified atom stereocenters. The number of hydrogen-bond acceptors (Lipinski definition) is 5. The van der Waals surface area contributed by atoms with Gasteiger partial charge in [0.25, 0.3) is 0 Å². The third-order valence-corrected chi connectivity index (χ3v) is 4.36. The maximum Gasteiger partial charge on any atom is 0.232 e. The van der Waals surface area contributed by atoms with Crippen LogP contribution >= 0.6 is 0 Å². The van der Waals surface area contributed by atoms with E-state index in [2.05, 4.69) is 32.2 Å². The summed E-state index contributed by atoms with van der Waals surface area (Å²) in [5.74, 6) is 0.391. The van der Waals surface area contributed by atoms with Crippen molar-refractivity contribution in [3.05, 3.63) is 30.1 Å². The number of nitrogens with zero attached hydrogens (tertiary/aromatic N) is 5. The maximum atomic E-state index is 7.42. The van der Waals surface area contributed by atoms with E-state index < -0.39 is 0 Å². The summed E-state index contributed by atoms with van der Waals surface area (Å²) in [5, 5.41) is 21.1. The molecule has 0 saturated carbocycles. The molecule has 0 spiro atoms. The molecule has 0 bridgehead atoms. The summed E-state index contributed by atoms with van der Waals surface area (Å²) < 4.78 is 2.10. The Balaban J connectivity index is 2.44. The molecule has 1 aromatic heterocycles. The molecule has 0 atom stereocenters. The van der Waals surface area contributed by atoms with Gasteiger partial charge < -0.3 is 21.8 Å². The standard InChI is InChI=1S/C18H24N10/c1-3-4-9-28-10(2)23-15-13(24-26-17(19)20)11-7-5-6-8-12(11)14(16(15)28)25-27-18(21)22/h5-8,24H,3-4,9H2,1-2H3,(H3,21,22)(H4,19,20,26). The number of aromatic nitrogens is 2. The third-order valence-electron chi connectivity index (χ3n) is 4.36. The highest BCUT2D eigenvalue weighted by atomic mass is 15.3. The smallest absolute Gasteiger partial charge is 0.232 e. The van der Waals surface area contributed by atoms with Gasteiger partial charge in [-0.05, 0) is 13.3 Å². The first kappa shape index (κ1) is 19.1. The Labute approximate surface area is 162 Å². The van der Waals surface area contributed by atoms with Gasteiger partial charge in [0.1, 0.15) is 17.0 Å². The van der Waals surface area contributed by atoms with Gasteiger partial charge in [-0.1, -0.05) is 37.6 Å². The van der Waals surface area contributed by atoms with E-state index in [-0.39, 0.29) is 11.9 Å². The van der Waals surface area contributed by atoms with Crippen molar-refractivity contribution in [1.82, 2.24) is 9.55 Å². The molecule has 0 aliphatic carbocycles. The van der Waals surface area contributed by atoms with E-state index in [9.17, 15) is 0 Å². The van der Waals surface area contributed by atoms with E-state index in [0.717, 1.165) is 41.5 Å². The van der Waals surface area contributed by atoms with Crippen LogP contribution < -0.4 is 22.6 Å². The molecule has 3 aromatic rings. The summed E-state index contributed by atoms with van der Waals surface area (Å²) in [5.41, 5.74) is 22.1. The van der Waals surface area contributed by atoms with Crippen LogP contribution in [0.3, 0.4) is 0 Å². The van der Waals surface area contributed by atoms with Crippen molar-refractivity contribution in [3.63, 3.8) is 0 Å². The van der Waals surface area contributed by atoms with E-state index in [4.69, 9.17) is 27.6 Å². The lowest BCUT2D eigenvalue weighted by molar-refractivity contribution is 0.631. The summed E-state index contributed by atoms with van der Waals surface area (Å²) >= 11 is 0. The zero-order chi connectivity index (χ0) is 20.3. The zero-order valence-electron chi connectivity index (χ0n) is 15.9. The van der Waals surface area contributed by atoms with Gasteiger partial charge in [0.15, 0.2) is 0 Å². The normalized spacial score (nSPS) is 11.4. The number of nitrogens with two attached hydrogens (primary N) is 3. The molecule has 2 aromatic carbocycles. The molecule has 0 amide bonds. The zero-order valence-corrected chi connectivity index (χ0v) is 15.9. The van der Waals surface area contributed by atoms with E-state index in [1.165, 1.54) is 0 Å². The van der Waals surface area contributed by atoms with Crippen molar-refractivity contribution in [2.24, 2.45) is 32.5 Å². The van der Waals surface area contributed by atoms with Crippen molar-refractivity contribution < 1.29 is 0 Å². The first-order chi connectivity index (χ1) is 13.4. The first-order valence-corrected chi connectivity index (χ1v) is 8.96. The molecule has 0 aliphatic heterocycles. The number of fused-ring (bicyclic) bond motifs is 2. The summed E-state index contributed by atoms with van der Waals surface area (Å²) in [6.07, 6.45) is 2.02. The van der Waals surface area contributed by atoms with Crippen LogP contribution in [0.15, 0.2) is 39.6 Å². The molecule has 0 saturated heterocycles. The number of imidazole rings is 1. The summed E-state index contributed by atoms with van der Waals surface area (Å²) in [7, 11) is 0. The van der Waals surface area contributed by atoms with Gasteiger partial charge in [0.2, 0.25) is 11.9 Å². The minimum absolute atomic E-state index is 0.0836. The lowest BCUT2D eigenvalue weighted by Crippen LogP contribution is -2.24. The number of hydrazone groups is 1. The highest BCUT2D eigenvalue weighted by Gasteiger charge is 2.20. The topological polar surface area (TPSA) is 169 Å². The van der Waals surface area contributed by atoms with Gasteiger partial charge in [-0.15, -0.1) is 15.3 Å². The molecule has 8 N–H and O–H groups in total. The van der Waals surface area contributed by atoms with Gasteiger partial charge in [-0.3, -0.25) is 10.8 Å². The van der Waals surface area contributed by atoms with Crippen LogP contribution in [-0.2, 0) is 6.54 Å².